The van der Waals surface area contributed by atoms with Crippen molar-refractivity contribution in [3.8, 4) is 0 Å². The first-order chi connectivity index (χ1) is 7.91. The maximum Gasteiger partial charge on any atom is 0.459 e. The van der Waals surface area contributed by atoms with Gasteiger partial charge in [0.05, 0.1) is 5.60 Å². The van der Waals surface area contributed by atoms with Gasteiger partial charge < -0.3 is 10.4 Å². The molecule has 1 fully saturated rings. The number of hydrogen-bond acceptors (Lipinski definition) is 2. The lowest BCUT2D eigenvalue weighted by atomic mass is 9.84. The van der Waals surface area contributed by atoms with Crippen molar-refractivity contribution in [2.24, 2.45) is 0 Å². The van der Waals surface area contributed by atoms with Gasteiger partial charge in [-0.2, -0.15) is 30.7 Å². The Bertz CT molecular complexity index is 296. The first kappa shape index (κ1) is 15.5. The number of rotatable bonds is 3. The normalized spacial score (nSPS) is 22.0. The van der Waals surface area contributed by atoms with Gasteiger partial charge in [0.2, 0.25) is 0 Å². The molecule has 0 atom stereocenters. The summed E-state index contributed by atoms with van der Waals surface area (Å²) in [4.78, 5) is 0. The zero-order valence-corrected chi connectivity index (χ0v) is 9.13. The molecule has 0 unspecified atom stereocenters. The Morgan fingerprint density at radius 1 is 0.944 bits per heavy atom. The third kappa shape index (κ3) is 2.87. The Morgan fingerprint density at radius 2 is 1.39 bits per heavy atom. The summed E-state index contributed by atoms with van der Waals surface area (Å²) < 4.78 is 87.1. The van der Waals surface area contributed by atoms with Gasteiger partial charge in [0.25, 0.3) is 0 Å². The van der Waals surface area contributed by atoms with Gasteiger partial charge in [-0.3, -0.25) is 0 Å². The van der Waals surface area contributed by atoms with Gasteiger partial charge in [-0.05, 0) is 25.9 Å². The van der Waals surface area contributed by atoms with Crippen molar-refractivity contribution >= 4 is 0 Å². The second-order valence-electron chi connectivity index (χ2n) is 4.43. The average Bonchev–Trinajstić information content (AvgIpc) is 2.14. The molecule has 0 aromatic rings. The van der Waals surface area contributed by atoms with Crippen LogP contribution in [-0.2, 0) is 0 Å². The van der Waals surface area contributed by atoms with Gasteiger partial charge >= 0.3 is 18.0 Å². The van der Waals surface area contributed by atoms with E-state index in [2.05, 4.69) is 5.32 Å². The number of halogens is 7. The van der Waals surface area contributed by atoms with Crippen LogP contribution in [-0.4, -0.2) is 41.8 Å². The van der Waals surface area contributed by atoms with E-state index in [1.165, 1.54) is 0 Å². The summed E-state index contributed by atoms with van der Waals surface area (Å²) in [6.07, 6.45) is -8.85. The zero-order valence-electron chi connectivity index (χ0n) is 9.13. The quantitative estimate of drug-likeness (QED) is 0.779. The number of alkyl halides is 7. The smallest absolute Gasteiger partial charge is 0.390 e. The van der Waals surface area contributed by atoms with Crippen molar-refractivity contribution in [1.29, 1.82) is 0 Å². The van der Waals surface area contributed by atoms with Crippen molar-refractivity contribution in [3.63, 3.8) is 0 Å². The van der Waals surface area contributed by atoms with Crippen molar-refractivity contribution < 1.29 is 35.8 Å². The molecule has 0 aromatic heterocycles. The van der Waals surface area contributed by atoms with E-state index in [0.29, 0.717) is 0 Å². The van der Waals surface area contributed by atoms with Crippen LogP contribution in [0.25, 0.3) is 0 Å². The van der Waals surface area contributed by atoms with E-state index in [4.69, 9.17) is 0 Å². The molecule has 108 valence electrons. The molecule has 1 rings (SSSR count). The maximum atomic E-state index is 13.1. The van der Waals surface area contributed by atoms with Gasteiger partial charge in [0.15, 0.2) is 0 Å². The summed E-state index contributed by atoms with van der Waals surface area (Å²) in [5, 5.41) is 12.3. The van der Waals surface area contributed by atoms with Crippen LogP contribution in [0.15, 0.2) is 0 Å². The molecular weight excluding hydrogens is 271 g/mol. The molecular formula is C9H12F7NO. The highest BCUT2D eigenvalue weighted by Gasteiger charge is 2.73. The van der Waals surface area contributed by atoms with Crippen LogP contribution in [0, 0.1) is 0 Å². The number of piperidine rings is 1. The van der Waals surface area contributed by atoms with Gasteiger partial charge in [-0.15, -0.1) is 0 Å². The molecule has 0 radical (unpaired) electrons. The summed E-state index contributed by atoms with van der Waals surface area (Å²) in [7, 11) is 0. The van der Waals surface area contributed by atoms with E-state index in [9.17, 15) is 35.8 Å². The van der Waals surface area contributed by atoms with Crippen LogP contribution in [0.1, 0.15) is 19.3 Å². The molecule has 1 saturated heterocycles. The Balaban J connectivity index is 2.86. The van der Waals surface area contributed by atoms with E-state index in [1.807, 2.05) is 0 Å². The fourth-order valence-electron chi connectivity index (χ4n) is 1.80. The van der Waals surface area contributed by atoms with Crippen LogP contribution >= 0.6 is 0 Å². The van der Waals surface area contributed by atoms with E-state index < -0.39 is 30.0 Å². The minimum atomic E-state index is -6.35. The molecule has 1 aliphatic heterocycles. The van der Waals surface area contributed by atoms with Crippen LogP contribution in [0.3, 0.4) is 0 Å². The lowest BCUT2D eigenvalue weighted by Crippen LogP contribution is -2.56. The van der Waals surface area contributed by atoms with Crippen LogP contribution in [0.4, 0.5) is 30.7 Å². The molecule has 1 aliphatic rings. The van der Waals surface area contributed by atoms with Gasteiger partial charge in [-0.1, -0.05) is 0 Å². The first-order valence-corrected chi connectivity index (χ1v) is 5.17. The molecule has 18 heavy (non-hydrogen) atoms. The van der Waals surface area contributed by atoms with E-state index in [0.717, 1.165) is 0 Å². The van der Waals surface area contributed by atoms with Crippen molar-refractivity contribution in [1.82, 2.24) is 5.32 Å². The van der Waals surface area contributed by atoms with Crippen molar-refractivity contribution in [3.05, 3.63) is 0 Å². The van der Waals surface area contributed by atoms with Gasteiger partial charge in [0.1, 0.15) is 0 Å². The lowest BCUT2D eigenvalue weighted by molar-refractivity contribution is -0.361. The topological polar surface area (TPSA) is 32.3 Å². The van der Waals surface area contributed by atoms with Crippen LogP contribution < -0.4 is 5.32 Å². The van der Waals surface area contributed by atoms with Crippen molar-refractivity contribution in [2.45, 2.75) is 42.9 Å². The standard InChI is InChI=1S/C9H12F7NO/c10-7(11,8(12,13)9(14,15)16)5-6(18)1-3-17-4-2-6/h17-18H,1-5H2. The maximum absolute atomic E-state index is 13.1. The predicted octanol–water partition coefficient (Wildman–Crippen LogP) is 2.32. The zero-order chi connectivity index (χ0) is 14.2. The largest absolute Gasteiger partial charge is 0.459 e. The second kappa shape index (κ2) is 4.52. The van der Waals surface area contributed by atoms with E-state index >= 15 is 0 Å². The molecule has 0 aliphatic carbocycles. The highest BCUT2D eigenvalue weighted by atomic mass is 19.4. The fourth-order valence-corrected chi connectivity index (χ4v) is 1.80. The second-order valence-corrected chi connectivity index (χ2v) is 4.43. The first-order valence-electron chi connectivity index (χ1n) is 5.17. The molecule has 1 heterocycles. The summed E-state index contributed by atoms with van der Waals surface area (Å²) in [6, 6.07) is 0. The molecule has 0 aromatic carbocycles. The highest BCUT2D eigenvalue weighted by molar-refractivity contribution is 4.98. The summed E-state index contributed by atoms with van der Waals surface area (Å²) in [6.45, 7) is 0.175. The highest BCUT2D eigenvalue weighted by Crippen LogP contribution is 2.50. The Morgan fingerprint density at radius 3 is 1.78 bits per heavy atom. The van der Waals surface area contributed by atoms with E-state index in [1.54, 1.807) is 0 Å². The monoisotopic (exact) mass is 283 g/mol. The van der Waals surface area contributed by atoms with Crippen molar-refractivity contribution in [2.75, 3.05) is 13.1 Å². The summed E-state index contributed by atoms with van der Waals surface area (Å²) in [5.41, 5.74) is -2.20. The van der Waals surface area contributed by atoms with Crippen LogP contribution in [0.5, 0.6) is 0 Å². The van der Waals surface area contributed by atoms with Gasteiger partial charge in [0, 0.05) is 6.42 Å². The molecule has 2 N–H and O–H groups in total. The minimum Gasteiger partial charge on any atom is -0.390 e. The number of aliphatic hydroxyl groups is 1. The molecule has 2 nitrogen and oxygen atoms in total. The van der Waals surface area contributed by atoms with Crippen LogP contribution in [0.2, 0.25) is 0 Å². The molecule has 0 spiro atoms. The Hall–Kier alpha value is -0.570. The number of nitrogens with one attached hydrogen (secondary N) is 1. The molecule has 0 bridgehead atoms. The molecule has 9 heteroatoms. The third-order valence-electron chi connectivity index (χ3n) is 2.90. The summed E-state index contributed by atoms with van der Waals surface area (Å²) in [5.74, 6) is -11.5. The fraction of sp³-hybridized carbons (Fsp3) is 1.00. The van der Waals surface area contributed by atoms with Gasteiger partial charge in [-0.25, -0.2) is 0 Å². The number of hydrogen-bond donors (Lipinski definition) is 2. The molecule has 0 saturated carbocycles. The average molecular weight is 283 g/mol. The Labute approximate surface area is 98.2 Å². The van der Waals surface area contributed by atoms with E-state index in [-0.39, 0.29) is 25.9 Å². The lowest BCUT2D eigenvalue weighted by Gasteiger charge is -2.37. The minimum absolute atomic E-state index is 0.0875. The predicted molar refractivity (Wildman–Crippen MR) is 47.6 cm³/mol. The third-order valence-corrected chi connectivity index (χ3v) is 2.90. The Kier molecular flexibility index (Phi) is 3.89. The SMILES string of the molecule is OC1(CC(F)(F)C(F)(F)C(F)(F)F)CCNCC1. The molecule has 0 amide bonds. The summed E-state index contributed by atoms with van der Waals surface area (Å²) >= 11 is 0.